The molecule has 19 heteroatoms. The van der Waals surface area contributed by atoms with E-state index in [1.165, 1.54) is 0 Å². The summed E-state index contributed by atoms with van der Waals surface area (Å²) < 4.78 is 23.9. The molecule has 19 nitrogen and oxygen atoms in total. The molecule has 0 saturated carbocycles. The van der Waals surface area contributed by atoms with Gasteiger partial charge in [0.15, 0.2) is 12.1 Å². The van der Waals surface area contributed by atoms with Crippen LogP contribution in [0.1, 0.15) is 98.3 Å². The van der Waals surface area contributed by atoms with Gasteiger partial charge in [0.25, 0.3) is 0 Å². The van der Waals surface area contributed by atoms with E-state index in [4.69, 9.17) is 24.7 Å². The fraction of sp³-hybridized carbons (Fsp3) is 0.692. The smallest absolute Gasteiger partial charge is 0.317 e. The normalized spacial score (nSPS) is 43.9. The molecule has 0 aromatic heterocycles. The number of rotatable bonds is 3. The molecule has 402 valence electrons. The lowest BCUT2D eigenvalue weighted by Gasteiger charge is -2.47. The van der Waals surface area contributed by atoms with Crippen LogP contribution in [0.15, 0.2) is 85.1 Å². The molecule has 13 N–H and O–H groups in total. The molecule has 0 spiro atoms. The van der Waals surface area contributed by atoms with Crippen LogP contribution in [0.2, 0.25) is 0 Å². The third-order valence-electron chi connectivity index (χ3n) is 13.7. The van der Waals surface area contributed by atoms with E-state index in [1.54, 1.807) is 68.2 Å². The van der Waals surface area contributed by atoms with Crippen molar-refractivity contribution < 1.29 is 79.6 Å². The Hall–Kier alpha value is -3.64. The lowest BCUT2D eigenvalue weighted by atomic mass is 9.87. The number of piperidine rings is 1. The number of nitrogens with one attached hydrogen (secondary N) is 1. The quantitative estimate of drug-likeness (QED) is 0.179. The first-order chi connectivity index (χ1) is 33.7. The zero-order chi connectivity index (χ0) is 52.3. The predicted octanol–water partition coefficient (Wildman–Crippen LogP) is 1.58. The predicted molar refractivity (Wildman–Crippen MR) is 264 cm³/mol. The minimum atomic E-state index is -2.23. The van der Waals surface area contributed by atoms with Crippen molar-refractivity contribution in [3.63, 3.8) is 0 Å². The highest BCUT2D eigenvalue weighted by Gasteiger charge is 2.49. The van der Waals surface area contributed by atoms with Crippen LogP contribution in [0, 0.1) is 11.8 Å². The number of likely N-dealkylation sites (tertiary alicyclic amines) is 1. The Balaban J connectivity index is 1.59. The second kappa shape index (κ2) is 29.9. The number of carbonyl (C=O) groups excluding carboxylic acids is 2. The number of amides is 2. The van der Waals surface area contributed by atoms with Crippen molar-refractivity contribution in [2.75, 3.05) is 13.1 Å². The zero-order valence-corrected chi connectivity index (χ0v) is 41.6. The number of nitrogens with two attached hydrogens (primary N) is 1. The zero-order valence-electron chi connectivity index (χ0n) is 41.6. The number of carbonyl (C=O) groups is 2. The number of nitrogens with zero attached hydrogens (tertiary/aromatic N) is 1. The maximum absolute atomic E-state index is 13.6. The van der Waals surface area contributed by atoms with Gasteiger partial charge in [-0.15, -0.1) is 0 Å². The Bertz CT molecular complexity index is 1820. The molecule has 3 saturated heterocycles. The number of hydrogen-bond donors (Lipinski definition) is 12. The highest BCUT2D eigenvalue weighted by molar-refractivity contribution is 5.74. The topological polar surface area (TPSA) is 315 Å². The van der Waals surface area contributed by atoms with Crippen LogP contribution < -0.4 is 11.1 Å². The highest BCUT2D eigenvalue weighted by Crippen LogP contribution is 2.35. The molecule has 0 aliphatic carbocycles. The minimum Gasteiger partial charge on any atom is -0.462 e. The molecule has 4 heterocycles. The Morgan fingerprint density at radius 3 is 1.89 bits per heavy atom. The second-order valence-electron chi connectivity index (χ2n) is 19.7. The van der Waals surface area contributed by atoms with E-state index < -0.39 is 147 Å². The summed E-state index contributed by atoms with van der Waals surface area (Å²) in [6.07, 6.45) is 8.12. The van der Waals surface area contributed by atoms with Crippen LogP contribution in [0.5, 0.6) is 0 Å². The number of urea groups is 1. The fourth-order valence-electron chi connectivity index (χ4n) is 9.17. The molecule has 3 fully saturated rings. The molecule has 2 bridgehead atoms. The van der Waals surface area contributed by atoms with Crippen LogP contribution in [0.25, 0.3) is 0 Å². The number of hydrogen-bond acceptors (Lipinski definition) is 17. The summed E-state index contributed by atoms with van der Waals surface area (Å²) in [6.45, 7) is 7.84. The van der Waals surface area contributed by atoms with E-state index in [-0.39, 0.29) is 31.6 Å². The van der Waals surface area contributed by atoms with Gasteiger partial charge in [-0.05, 0) is 52.4 Å². The monoisotopic (exact) mass is 1010 g/mol. The van der Waals surface area contributed by atoms with Gasteiger partial charge in [0, 0.05) is 50.6 Å². The van der Waals surface area contributed by atoms with Gasteiger partial charge in [-0.1, -0.05) is 98.9 Å². The van der Waals surface area contributed by atoms with E-state index in [0.29, 0.717) is 13.1 Å². The summed E-state index contributed by atoms with van der Waals surface area (Å²) in [5.41, 5.74) is 6.13. The molecule has 19 atom stereocenters. The molecule has 2 amide bonds. The molecule has 71 heavy (non-hydrogen) atoms. The summed E-state index contributed by atoms with van der Waals surface area (Å²) >= 11 is 0. The van der Waals surface area contributed by atoms with Crippen molar-refractivity contribution in [2.45, 2.75) is 202 Å². The maximum atomic E-state index is 13.6. The third kappa shape index (κ3) is 20.0. The molecule has 4 aliphatic heterocycles. The summed E-state index contributed by atoms with van der Waals surface area (Å²) in [5.74, 6) is -3.67. The number of aliphatic hydroxyl groups excluding tert-OH is 9. The summed E-state index contributed by atoms with van der Waals surface area (Å²) in [6, 6.07) is -2.67. The van der Waals surface area contributed by atoms with Gasteiger partial charge in [0.1, 0.15) is 12.2 Å². The number of ether oxygens (including phenoxy) is 4. The van der Waals surface area contributed by atoms with Crippen molar-refractivity contribution in [2.24, 2.45) is 17.6 Å². The van der Waals surface area contributed by atoms with Gasteiger partial charge in [-0.3, -0.25) is 4.79 Å². The van der Waals surface area contributed by atoms with Gasteiger partial charge in [0.05, 0.1) is 85.6 Å². The van der Waals surface area contributed by atoms with Crippen LogP contribution in [-0.4, -0.2) is 185 Å². The van der Waals surface area contributed by atoms with Gasteiger partial charge in [0.2, 0.25) is 0 Å². The van der Waals surface area contributed by atoms with Crippen molar-refractivity contribution in [3.05, 3.63) is 85.1 Å². The van der Waals surface area contributed by atoms with Crippen LogP contribution in [0.4, 0.5) is 4.79 Å². The van der Waals surface area contributed by atoms with E-state index in [0.717, 1.165) is 19.3 Å². The van der Waals surface area contributed by atoms with Crippen molar-refractivity contribution in [1.29, 1.82) is 0 Å². The molecule has 0 aromatic rings. The Morgan fingerprint density at radius 1 is 0.676 bits per heavy atom. The molecule has 0 aromatic carbocycles. The summed E-state index contributed by atoms with van der Waals surface area (Å²) in [7, 11) is 0. The first kappa shape index (κ1) is 59.9. The molecular formula is C52H83N3O16. The average Bonchev–Trinajstić information content (AvgIpc) is 3.31. The van der Waals surface area contributed by atoms with Gasteiger partial charge in [-0.2, -0.15) is 0 Å². The van der Waals surface area contributed by atoms with Crippen molar-refractivity contribution in [1.82, 2.24) is 10.2 Å². The molecular weight excluding hydrogens is 923 g/mol. The number of esters is 1. The van der Waals surface area contributed by atoms with Gasteiger partial charge < -0.3 is 86.0 Å². The Morgan fingerprint density at radius 2 is 1.27 bits per heavy atom. The van der Waals surface area contributed by atoms with E-state index >= 15 is 0 Å². The van der Waals surface area contributed by atoms with E-state index in [9.17, 15) is 60.7 Å². The highest BCUT2D eigenvalue weighted by atomic mass is 16.7. The van der Waals surface area contributed by atoms with Gasteiger partial charge >= 0.3 is 12.0 Å². The maximum Gasteiger partial charge on any atom is 0.317 e. The Kier molecular flexibility index (Phi) is 25.2. The number of fused-ring (bicyclic) bond motifs is 2. The molecule has 4 rings (SSSR count). The third-order valence-corrected chi connectivity index (χ3v) is 13.7. The molecule has 4 aliphatic rings. The lowest BCUT2D eigenvalue weighted by Crippen LogP contribution is -2.64. The standard InChI is InChI=1S/C52H83N3O16/c1-32-20-16-13-11-9-7-5-6-8-10-12-14-17-21-39(70-50-49(65)45(53)48(64)35(4)69-50)29-43-46(54-51(66)55-24-18-15-19-25-55)42(61)31-52(67,71-43)30-38(58)27-41(60)40(59)23-22-36(56)26-37(57)28-44(62)68-34(3)33(2)47(32)63/h5-14,16-17,20-21,32-43,45-50,56-61,63-65,67H,15,18-19,22-31,53H2,1-4H3,(H,54,66)/b6-5+,9-7+,10-8+,13-11+,14-12+,20-16+,21-17+/t32-,33-,34-,35?,36?,37?,38?,39?,40+,41?,42-,43-,45-,46+,47+,48+,49-,50-,52+/m0/s1. The lowest BCUT2D eigenvalue weighted by molar-refractivity contribution is -0.303. The van der Waals surface area contributed by atoms with Crippen molar-refractivity contribution in [3.8, 4) is 0 Å². The molecule has 6 unspecified atom stereocenters. The van der Waals surface area contributed by atoms with Crippen molar-refractivity contribution >= 4 is 12.0 Å². The first-order valence-corrected chi connectivity index (χ1v) is 25.2. The van der Waals surface area contributed by atoms with Crippen LogP contribution >= 0.6 is 0 Å². The van der Waals surface area contributed by atoms with Gasteiger partial charge in [-0.25, -0.2) is 4.79 Å². The second-order valence-corrected chi connectivity index (χ2v) is 19.7. The fourth-order valence-corrected chi connectivity index (χ4v) is 9.17. The number of allylic oxidation sites excluding steroid dienone is 12. The van der Waals surface area contributed by atoms with Crippen LogP contribution in [0.3, 0.4) is 0 Å². The van der Waals surface area contributed by atoms with E-state index in [1.807, 2.05) is 49.5 Å². The minimum absolute atomic E-state index is 0.0853. The Labute approximate surface area is 418 Å². The SMILES string of the molecule is CC1O[C@@H](OC2/C=C/C=C/C=C/C=C/C=C/C=C/C=C/[C@H](C)[C@@H](O)[C@@H](C)[C@H](C)OC(=O)CC(O)CC(O)CC[C@@H](O)C(O)CC(O)C[C@]3(O)C[C@H](O)[C@@H](NC(=O)N4CCCCC4)[C@H](C2)O3)[C@@H](O)[C@@H](N)[C@@H]1O. The summed E-state index contributed by atoms with van der Waals surface area (Å²) in [5, 5.41) is 113. The number of aliphatic hydroxyl groups is 10. The largest absolute Gasteiger partial charge is 0.462 e. The number of cyclic esters (lactones) is 1. The molecule has 0 radical (unpaired) electrons. The van der Waals surface area contributed by atoms with Crippen LogP contribution in [-0.2, 0) is 23.7 Å². The summed E-state index contributed by atoms with van der Waals surface area (Å²) in [4.78, 5) is 27.9. The first-order valence-electron chi connectivity index (χ1n) is 25.2. The average molecular weight is 1010 g/mol. The van der Waals surface area contributed by atoms with E-state index in [2.05, 4.69) is 5.32 Å².